The highest BCUT2D eigenvalue weighted by molar-refractivity contribution is 9.10. The summed E-state index contributed by atoms with van der Waals surface area (Å²) in [7, 11) is 1.24. The van der Waals surface area contributed by atoms with Gasteiger partial charge in [-0.3, -0.25) is 4.79 Å². The first-order chi connectivity index (χ1) is 8.47. The molecule has 1 heterocycles. The van der Waals surface area contributed by atoms with Crippen molar-refractivity contribution in [3.63, 3.8) is 0 Å². The average molecular weight is 311 g/mol. The lowest BCUT2D eigenvalue weighted by atomic mass is 9.92. The van der Waals surface area contributed by atoms with Gasteiger partial charge in [-0.1, -0.05) is 28.1 Å². The molecule has 94 valence electrons. The molecule has 1 aromatic rings. The van der Waals surface area contributed by atoms with E-state index in [-0.39, 0.29) is 11.5 Å². The molecule has 1 aliphatic rings. The molecule has 0 radical (unpaired) electrons. The van der Waals surface area contributed by atoms with Crippen molar-refractivity contribution in [1.82, 2.24) is 0 Å². The SMILES string of the molecule is COC(=O)C1=CC(=O)C(C)(c2cccc(Br)c2)O1. The first-order valence-electron chi connectivity index (χ1n) is 5.27. The summed E-state index contributed by atoms with van der Waals surface area (Å²) in [5, 5.41) is 0. The van der Waals surface area contributed by atoms with Crippen LogP contribution in [0.2, 0.25) is 0 Å². The van der Waals surface area contributed by atoms with Crippen LogP contribution >= 0.6 is 15.9 Å². The van der Waals surface area contributed by atoms with Gasteiger partial charge in [0.2, 0.25) is 11.5 Å². The topological polar surface area (TPSA) is 52.6 Å². The van der Waals surface area contributed by atoms with Crippen LogP contribution in [0.4, 0.5) is 0 Å². The molecule has 0 aliphatic carbocycles. The largest absolute Gasteiger partial charge is 0.467 e. The van der Waals surface area contributed by atoms with Crippen molar-refractivity contribution in [2.75, 3.05) is 7.11 Å². The van der Waals surface area contributed by atoms with Crippen molar-refractivity contribution in [2.45, 2.75) is 12.5 Å². The molecule has 0 amide bonds. The quantitative estimate of drug-likeness (QED) is 0.787. The summed E-state index contributed by atoms with van der Waals surface area (Å²) < 4.78 is 10.8. The summed E-state index contributed by atoms with van der Waals surface area (Å²) in [6.07, 6.45) is 1.17. The number of carbonyl (C=O) groups is 2. The minimum absolute atomic E-state index is 0.0648. The van der Waals surface area contributed by atoms with Crippen LogP contribution in [-0.4, -0.2) is 18.9 Å². The van der Waals surface area contributed by atoms with Crippen LogP contribution in [0.5, 0.6) is 0 Å². The Hall–Kier alpha value is -1.62. The van der Waals surface area contributed by atoms with Crippen LogP contribution in [0.25, 0.3) is 0 Å². The number of hydrogen-bond donors (Lipinski definition) is 0. The highest BCUT2D eigenvalue weighted by atomic mass is 79.9. The second-order valence-electron chi connectivity index (χ2n) is 4.01. The Morgan fingerprint density at radius 1 is 1.44 bits per heavy atom. The van der Waals surface area contributed by atoms with Crippen molar-refractivity contribution in [3.8, 4) is 0 Å². The summed E-state index contributed by atoms with van der Waals surface area (Å²) in [5.41, 5.74) is -0.496. The summed E-state index contributed by atoms with van der Waals surface area (Å²) in [5.74, 6) is -0.993. The molecular formula is C13H11BrO4. The third kappa shape index (κ3) is 2.06. The van der Waals surface area contributed by atoms with Crippen molar-refractivity contribution < 1.29 is 19.1 Å². The van der Waals surface area contributed by atoms with E-state index in [1.165, 1.54) is 13.2 Å². The normalized spacial score (nSPS) is 22.4. The van der Waals surface area contributed by atoms with Gasteiger partial charge in [0.05, 0.1) is 7.11 Å². The zero-order chi connectivity index (χ0) is 13.3. The maximum Gasteiger partial charge on any atom is 0.373 e. The Bertz CT molecular complexity index is 550. The molecule has 0 fully saturated rings. The zero-order valence-electron chi connectivity index (χ0n) is 9.90. The van der Waals surface area contributed by atoms with Gasteiger partial charge in [-0.2, -0.15) is 0 Å². The fourth-order valence-electron chi connectivity index (χ4n) is 1.74. The van der Waals surface area contributed by atoms with Crippen LogP contribution in [-0.2, 0) is 24.7 Å². The van der Waals surface area contributed by atoms with E-state index >= 15 is 0 Å². The number of rotatable bonds is 2. The Balaban J connectivity index is 2.36. The van der Waals surface area contributed by atoms with Crippen LogP contribution in [0.1, 0.15) is 12.5 Å². The van der Waals surface area contributed by atoms with Gasteiger partial charge in [0.25, 0.3) is 0 Å². The molecule has 0 saturated heterocycles. The highest BCUT2D eigenvalue weighted by Gasteiger charge is 2.44. The van der Waals surface area contributed by atoms with E-state index in [1.54, 1.807) is 25.1 Å². The molecule has 0 aromatic heterocycles. The maximum absolute atomic E-state index is 12.0. The van der Waals surface area contributed by atoms with Crippen LogP contribution in [0.3, 0.4) is 0 Å². The number of ketones is 1. The molecule has 0 spiro atoms. The first-order valence-corrected chi connectivity index (χ1v) is 6.06. The molecule has 1 unspecified atom stereocenters. The first kappa shape index (κ1) is 12.8. The van der Waals surface area contributed by atoms with E-state index in [4.69, 9.17) is 4.74 Å². The van der Waals surface area contributed by atoms with Gasteiger partial charge in [0, 0.05) is 16.1 Å². The molecule has 0 saturated carbocycles. The van der Waals surface area contributed by atoms with Gasteiger partial charge in [-0.05, 0) is 19.1 Å². The minimum Gasteiger partial charge on any atom is -0.467 e. The summed E-state index contributed by atoms with van der Waals surface area (Å²) in [6.45, 7) is 1.63. The number of esters is 1. The van der Waals surface area contributed by atoms with E-state index in [0.717, 1.165) is 4.47 Å². The predicted octanol–water partition coefficient (Wildman–Crippen LogP) is 2.32. The van der Waals surface area contributed by atoms with E-state index in [9.17, 15) is 9.59 Å². The van der Waals surface area contributed by atoms with Crippen LogP contribution in [0.15, 0.2) is 40.6 Å². The summed E-state index contributed by atoms with van der Waals surface area (Å²) >= 11 is 3.34. The fourth-order valence-corrected chi connectivity index (χ4v) is 2.14. The van der Waals surface area contributed by atoms with Crippen LogP contribution in [0, 0.1) is 0 Å². The number of hydrogen-bond acceptors (Lipinski definition) is 4. The lowest BCUT2D eigenvalue weighted by Crippen LogP contribution is -2.30. The van der Waals surface area contributed by atoms with Gasteiger partial charge in [0.1, 0.15) is 0 Å². The Labute approximate surface area is 113 Å². The number of methoxy groups -OCH3 is 1. The molecule has 2 rings (SSSR count). The third-order valence-electron chi connectivity index (χ3n) is 2.81. The van der Waals surface area contributed by atoms with Gasteiger partial charge in [-0.15, -0.1) is 0 Å². The lowest BCUT2D eigenvalue weighted by molar-refractivity contribution is -0.144. The molecule has 4 nitrogen and oxygen atoms in total. The highest BCUT2D eigenvalue weighted by Crippen LogP contribution is 2.36. The van der Waals surface area contributed by atoms with Gasteiger partial charge in [0.15, 0.2) is 5.60 Å². The van der Waals surface area contributed by atoms with Crippen molar-refractivity contribution in [2.24, 2.45) is 0 Å². The van der Waals surface area contributed by atoms with Gasteiger partial charge >= 0.3 is 5.97 Å². The maximum atomic E-state index is 12.0. The Kier molecular flexibility index (Phi) is 3.26. The number of benzene rings is 1. The minimum atomic E-state index is -1.17. The molecule has 18 heavy (non-hydrogen) atoms. The van der Waals surface area contributed by atoms with E-state index in [2.05, 4.69) is 20.7 Å². The molecule has 0 bridgehead atoms. The standard InChI is InChI=1S/C13H11BrO4/c1-13(8-4-3-5-9(14)6-8)11(15)7-10(18-13)12(16)17-2/h3-7H,1-2H3. The van der Waals surface area contributed by atoms with Crippen molar-refractivity contribution in [1.29, 1.82) is 0 Å². The summed E-state index contributed by atoms with van der Waals surface area (Å²) in [4.78, 5) is 23.4. The van der Waals surface area contributed by atoms with Crippen LogP contribution < -0.4 is 0 Å². The number of halogens is 1. The summed E-state index contributed by atoms with van der Waals surface area (Å²) in [6, 6.07) is 7.21. The van der Waals surface area contributed by atoms with E-state index in [0.29, 0.717) is 5.56 Å². The molecular weight excluding hydrogens is 300 g/mol. The zero-order valence-corrected chi connectivity index (χ0v) is 11.5. The Morgan fingerprint density at radius 3 is 2.78 bits per heavy atom. The fraction of sp³-hybridized carbons (Fsp3) is 0.231. The van der Waals surface area contributed by atoms with Crippen molar-refractivity contribution in [3.05, 3.63) is 46.1 Å². The molecule has 1 atom stereocenters. The second-order valence-corrected chi connectivity index (χ2v) is 4.93. The predicted molar refractivity (Wildman–Crippen MR) is 67.7 cm³/mol. The lowest BCUT2D eigenvalue weighted by Gasteiger charge is -2.23. The monoisotopic (exact) mass is 310 g/mol. The second kappa shape index (κ2) is 4.57. The number of ether oxygens (including phenoxy) is 2. The van der Waals surface area contributed by atoms with Gasteiger partial charge in [-0.25, -0.2) is 4.79 Å². The molecule has 5 heteroatoms. The van der Waals surface area contributed by atoms with E-state index in [1.807, 2.05) is 6.07 Å². The molecule has 0 N–H and O–H groups in total. The van der Waals surface area contributed by atoms with E-state index < -0.39 is 11.6 Å². The number of carbonyl (C=O) groups excluding carboxylic acids is 2. The Morgan fingerprint density at radius 2 is 2.17 bits per heavy atom. The van der Waals surface area contributed by atoms with Crippen molar-refractivity contribution >= 4 is 27.7 Å². The van der Waals surface area contributed by atoms with Gasteiger partial charge < -0.3 is 9.47 Å². The third-order valence-corrected chi connectivity index (χ3v) is 3.30. The molecule has 1 aliphatic heterocycles. The smallest absolute Gasteiger partial charge is 0.373 e. The molecule has 1 aromatic carbocycles. The average Bonchev–Trinajstić information content (AvgIpc) is 2.66.